The molecule has 5 rings (SSSR count). The Morgan fingerprint density at radius 3 is 2.54 bits per heavy atom. The lowest BCUT2D eigenvalue weighted by Gasteiger charge is -2.32. The van der Waals surface area contributed by atoms with Gasteiger partial charge in [-0.2, -0.15) is 0 Å². The van der Waals surface area contributed by atoms with E-state index in [4.69, 9.17) is 0 Å². The van der Waals surface area contributed by atoms with Gasteiger partial charge in [-0.05, 0) is 61.9 Å². The smallest absolute Gasteiger partial charge is 0.257 e. The third-order valence-electron chi connectivity index (χ3n) is 7.41. The summed E-state index contributed by atoms with van der Waals surface area (Å²) >= 11 is 0. The van der Waals surface area contributed by atoms with Gasteiger partial charge in [-0.15, -0.1) is 0 Å². The summed E-state index contributed by atoms with van der Waals surface area (Å²) in [5, 5.41) is 8.18. The van der Waals surface area contributed by atoms with Crippen LogP contribution in [0.5, 0.6) is 0 Å². The quantitative estimate of drug-likeness (QED) is 0.523. The maximum atomic E-state index is 13.0. The van der Waals surface area contributed by atoms with Gasteiger partial charge in [-0.25, -0.2) is 0 Å². The molecular weight excluding hydrogens is 436 g/mol. The molecule has 1 aliphatic carbocycles. The molecule has 6 nitrogen and oxygen atoms in total. The second-order valence-electron chi connectivity index (χ2n) is 9.96. The Hall–Kier alpha value is -3.25. The summed E-state index contributed by atoms with van der Waals surface area (Å²) < 4.78 is 0. The Labute approximate surface area is 207 Å². The van der Waals surface area contributed by atoms with E-state index < -0.39 is 0 Å². The molecule has 1 saturated heterocycles. The van der Waals surface area contributed by atoms with E-state index in [1.165, 1.54) is 19.3 Å². The van der Waals surface area contributed by atoms with Crippen molar-refractivity contribution in [2.24, 2.45) is 5.92 Å². The number of benzene rings is 2. The average molecular weight is 471 g/mol. The molecule has 2 amide bonds. The van der Waals surface area contributed by atoms with Crippen molar-refractivity contribution in [3.05, 3.63) is 72.1 Å². The molecule has 182 valence electrons. The summed E-state index contributed by atoms with van der Waals surface area (Å²) in [5.74, 6) is 0.230. The van der Waals surface area contributed by atoms with Crippen molar-refractivity contribution < 1.29 is 9.59 Å². The zero-order valence-corrected chi connectivity index (χ0v) is 20.2. The number of carbonyl (C=O) groups excluding carboxylic acids is 2. The number of hydrogen-bond acceptors (Lipinski definition) is 4. The third-order valence-corrected chi connectivity index (χ3v) is 7.41. The fourth-order valence-corrected chi connectivity index (χ4v) is 5.42. The van der Waals surface area contributed by atoms with Crippen LogP contribution in [0.2, 0.25) is 0 Å². The molecule has 1 aliphatic heterocycles. The number of piperidine rings is 1. The number of amides is 2. The first-order valence-electron chi connectivity index (χ1n) is 12.9. The molecule has 2 heterocycles. The summed E-state index contributed by atoms with van der Waals surface area (Å²) in [6, 6.07) is 16.2. The van der Waals surface area contributed by atoms with Crippen molar-refractivity contribution >= 4 is 28.3 Å². The number of aromatic nitrogens is 1. The Balaban J connectivity index is 1.15. The monoisotopic (exact) mass is 470 g/mol. The Morgan fingerprint density at radius 1 is 0.914 bits per heavy atom. The highest BCUT2D eigenvalue weighted by atomic mass is 16.2. The van der Waals surface area contributed by atoms with Gasteiger partial charge in [0.25, 0.3) is 5.91 Å². The van der Waals surface area contributed by atoms with Crippen LogP contribution in [0, 0.1) is 5.92 Å². The normalized spacial score (nSPS) is 17.8. The van der Waals surface area contributed by atoms with Crippen LogP contribution in [-0.4, -0.2) is 40.8 Å². The number of nitrogens with one attached hydrogen (secondary N) is 2. The van der Waals surface area contributed by atoms with Crippen LogP contribution in [0.1, 0.15) is 60.9 Å². The number of likely N-dealkylation sites (tertiary alicyclic amines) is 1. The van der Waals surface area contributed by atoms with E-state index in [9.17, 15) is 9.59 Å². The standard InChI is InChI=1S/C29H34N4O2/c34-28(31-24-9-2-1-3-10-24)22-13-15-33(16-14-22)20-21-7-6-11-25(17-21)32-29(35)27-19-30-18-23-8-4-5-12-26(23)27/h4-8,11-12,17-19,22,24H,1-3,9-10,13-16,20H2,(H,31,34)(H,32,35). The summed E-state index contributed by atoms with van der Waals surface area (Å²) in [7, 11) is 0. The fraction of sp³-hybridized carbons (Fsp3) is 0.414. The van der Waals surface area contributed by atoms with E-state index in [1.807, 2.05) is 42.5 Å². The van der Waals surface area contributed by atoms with Crippen LogP contribution < -0.4 is 10.6 Å². The van der Waals surface area contributed by atoms with E-state index in [2.05, 4.69) is 26.6 Å². The SMILES string of the molecule is O=C(Nc1cccc(CN2CCC(C(=O)NC3CCCCC3)CC2)c1)c1cncc2ccccc12. The van der Waals surface area contributed by atoms with E-state index in [0.717, 1.165) is 67.3 Å². The summed E-state index contributed by atoms with van der Waals surface area (Å²) in [5.41, 5.74) is 2.51. The molecule has 3 aromatic rings. The van der Waals surface area contributed by atoms with Crippen molar-refractivity contribution in [2.45, 2.75) is 57.5 Å². The van der Waals surface area contributed by atoms with Crippen molar-refractivity contribution in [1.82, 2.24) is 15.2 Å². The third kappa shape index (κ3) is 5.88. The zero-order valence-electron chi connectivity index (χ0n) is 20.2. The van der Waals surface area contributed by atoms with Gasteiger partial charge in [0.05, 0.1) is 5.56 Å². The van der Waals surface area contributed by atoms with E-state index >= 15 is 0 Å². The predicted molar refractivity (Wildman–Crippen MR) is 139 cm³/mol. The molecule has 1 aromatic heterocycles. The van der Waals surface area contributed by atoms with Crippen LogP contribution in [0.15, 0.2) is 60.9 Å². The molecule has 0 radical (unpaired) electrons. The molecule has 0 bridgehead atoms. The van der Waals surface area contributed by atoms with Crippen molar-refractivity contribution in [2.75, 3.05) is 18.4 Å². The van der Waals surface area contributed by atoms with Crippen LogP contribution in [0.4, 0.5) is 5.69 Å². The van der Waals surface area contributed by atoms with Crippen LogP contribution in [-0.2, 0) is 11.3 Å². The molecule has 0 unspecified atom stereocenters. The maximum absolute atomic E-state index is 13.0. The van der Waals surface area contributed by atoms with Crippen LogP contribution in [0.25, 0.3) is 10.8 Å². The Bertz CT molecular complexity index is 1170. The van der Waals surface area contributed by atoms with Crippen LogP contribution >= 0.6 is 0 Å². The molecule has 35 heavy (non-hydrogen) atoms. The Morgan fingerprint density at radius 2 is 1.71 bits per heavy atom. The molecule has 2 N–H and O–H groups in total. The lowest BCUT2D eigenvalue weighted by Crippen LogP contribution is -2.44. The largest absolute Gasteiger partial charge is 0.353 e. The highest BCUT2D eigenvalue weighted by molar-refractivity contribution is 6.12. The summed E-state index contributed by atoms with van der Waals surface area (Å²) in [6.45, 7) is 2.65. The molecule has 2 aliphatic rings. The highest BCUT2D eigenvalue weighted by Crippen LogP contribution is 2.23. The van der Waals surface area contributed by atoms with Gasteiger partial charge >= 0.3 is 0 Å². The summed E-state index contributed by atoms with van der Waals surface area (Å²) in [6.07, 6.45) is 11.3. The first kappa shape index (κ1) is 23.5. The highest BCUT2D eigenvalue weighted by Gasteiger charge is 2.27. The van der Waals surface area contributed by atoms with Crippen molar-refractivity contribution in [3.63, 3.8) is 0 Å². The van der Waals surface area contributed by atoms with Crippen molar-refractivity contribution in [3.8, 4) is 0 Å². The lowest BCUT2D eigenvalue weighted by molar-refractivity contribution is -0.127. The molecule has 6 heteroatoms. The van der Waals surface area contributed by atoms with Gasteiger partial charge in [0.15, 0.2) is 0 Å². The maximum Gasteiger partial charge on any atom is 0.257 e. The van der Waals surface area contributed by atoms with Crippen LogP contribution in [0.3, 0.4) is 0 Å². The lowest BCUT2D eigenvalue weighted by atomic mass is 9.92. The van der Waals surface area contributed by atoms with Gasteiger partial charge < -0.3 is 10.6 Å². The van der Waals surface area contributed by atoms with Crippen molar-refractivity contribution in [1.29, 1.82) is 0 Å². The summed E-state index contributed by atoms with van der Waals surface area (Å²) in [4.78, 5) is 32.3. The molecule has 1 saturated carbocycles. The number of fused-ring (bicyclic) bond motifs is 1. The van der Waals surface area contributed by atoms with E-state index in [0.29, 0.717) is 11.6 Å². The number of nitrogens with zero attached hydrogens (tertiary/aromatic N) is 2. The number of carbonyl (C=O) groups is 2. The first-order chi connectivity index (χ1) is 17.2. The minimum Gasteiger partial charge on any atom is -0.353 e. The Kier molecular flexibility index (Phi) is 7.38. The number of rotatable bonds is 6. The van der Waals surface area contributed by atoms with E-state index in [-0.39, 0.29) is 17.7 Å². The fourth-order valence-electron chi connectivity index (χ4n) is 5.42. The second kappa shape index (κ2) is 11.0. The molecular formula is C29H34N4O2. The number of hydrogen-bond donors (Lipinski definition) is 2. The molecule has 2 aromatic carbocycles. The molecule has 2 fully saturated rings. The van der Waals surface area contributed by atoms with Gasteiger partial charge in [-0.3, -0.25) is 19.5 Å². The van der Waals surface area contributed by atoms with Gasteiger partial charge in [-0.1, -0.05) is 55.7 Å². The molecule has 0 atom stereocenters. The average Bonchev–Trinajstić information content (AvgIpc) is 2.89. The van der Waals surface area contributed by atoms with Gasteiger partial charge in [0.2, 0.25) is 5.91 Å². The number of pyridine rings is 1. The first-order valence-corrected chi connectivity index (χ1v) is 12.9. The number of anilines is 1. The van der Waals surface area contributed by atoms with E-state index in [1.54, 1.807) is 12.4 Å². The minimum atomic E-state index is -0.156. The topological polar surface area (TPSA) is 74.3 Å². The van der Waals surface area contributed by atoms with Gasteiger partial charge in [0.1, 0.15) is 0 Å². The zero-order chi connectivity index (χ0) is 24.0. The predicted octanol–water partition coefficient (Wildman–Crippen LogP) is 5.15. The minimum absolute atomic E-state index is 0.133. The van der Waals surface area contributed by atoms with Gasteiger partial charge in [0, 0.05) is 42.0 Å². The second-order valence-corrected chi connectivity index (χ2v) is 9.96. The molecule has 0 spiro atoms.